The van der Waals surface area contributed by atoms with Gasteiger partial charge in [0, 0.05) is 24.7 Å². The summed E-state index contributed by atoms with van der Waals surface area (Å²) in [6.07, 6.45) is 6.62. The highest BCUT2D eigenvalue weighted by atomic mass is 16.1. The van der Waals surface area contributed by atoms with Crippen molar-refractivity contribution in [3.63, 3.8) is 0 Å². The molecule has 0 spiro atoms. The summed E-state index contributed by atoms with van der Waals surface area (Å²) >= 11 is 0. The van der Waals surface area contributed by atoms with Crippen LogP contribution in [0.15, 0.2) is 42.9 Å². The number of H-pyrrole nitrogens is 1. The Morgan fingerprint density at radius 1 is 1.24 bits per heavy atom. The molecule has 1 unspecified atom stereocenters. The van der Waals surface area contributed by atoms with Gasteiger partial charge in [0.05, 0.1) is 11.6 Å². The number of aromatic amines is 1. The quantitative estimate of drug-likeness (QED) is 0.762. The van der Waals surface area contributed by atoms with Crippen molar-refractivity contribution >= 4 is 22.8 Å². The number of fused-ring (bicyclic) bond motifs is 1. The molecule has 0 saturated carbocycles. The number of carbonyl (C=O) groups excluding carboxylic acids is 1. The van der Waals surface area contributed by atoms with E-state index in [0.29, 0.717) is 12.1 Å². The van der Waals surface area contributed by atoms with Crippen LogP contribution in [-0.4, -0.2) is 45.2 Å². The molecule has 1 aromatic carbocycles. The lowest BCUT2D eigenvalue weighted by molar-refractivity contribution is 0.0949. The maximum atomic E-state index is 12.3. The van der Waals surface area contributed by atoms with Crippen LogP contribution in [-0.2, 0) is 0 Å². The Bertz CT molecular complexity index is 862. The molecule has 3 heterocycles. The minimum Gasteiger partial charge on any atom is -0.351 e. The summed E-state index contributed by atoms with van der Waals surface area (Å²) in [7, 11) is 0. The molecule has 2 aromatic heterocycles. The molecule has 2 N–H and O–H groups in total. The van der Waals surface area contributed by atoms with E-state index in [1.807, 2.05) is 30.3 Å². The molecule has 1 aliphatic heterocycles. The summed E-state index contributed by atoms with van der Waals surface area (Å²) in [5.74, 6) is 0.847. The highest BCUT2D eigenvalue weighted by Gasteiger charge is 2.26. The number of hydrogen-bond donors (Lipinski definition) is 2. The van der Waals surface area contributed by atoms with Gasteiger partial charge in [-0.05, 0) is 31.4 Å². The molecule has 3 aromatic rings. The first-order chi connectivity index (χ1) is 12.3. The van der Waals surface area contributed by atoms with E-state index in [-0.39, 0.29) is 11.9 Å². The van der Waals surface area contributed by atoms with Crippen LogP contribution in [0.3, 0.4) is 0 Å². The van der Waals surface area contributed by atoms with Crippen LogP contribution in [0.25, 0.3) is 11.0 Å². The number of piperidine rings is 1. The van der Waals surface area contributed by atoms with Crippen LogP contribution in [0.5, 0.6) is 0 Å². The van der Waals surface area contributed by atoms with Crippen molar-refractivity contribution in [3.8, 4) is 0 Å². The van der Waals surface area contributed by atoms with E-state index < -0.39 is 0 Å². The zero-order chi connectivity index (χ0) is 17.1. The number of nitrogens with zero attached hydrogens (tertiary/aromatic N) is 4. The summed E-state index contributed by atoms with van der Waals surface area (Å²) in [5.41, 5.74) is 1.42. The average Bonchev–Trinajstić information content (AvgIpc) is 3.16. The van der Waals surface area contributed by atoms with Crippen molar-refractivity contribution in [2.45, 2.75) is 25.3 Å². The molecule has 7 heteroatoms. The Hall–Kier alpha value is -2.96. The van der Waals surface area contributed by atoms with Crippen molar-refractivity contribution in [1.29, 1.82) is 0 Å². The summed E-state index contributed by atoms with van der Waals surface area (Å²) in [6.45, 7) is 1.51. The second kappa shape index (κ2) is 6.88. The van der Waals surface area contributed by atoms with Crippen molar-refractivity contribution in [3.05, 3.63) is 48.4 Å². The molecular formula is C18H20N6O. The van der Waals surface area contributed by atoms with E-state index in [0.717, 1.165) is 42.7 Å². The first-order valence-electron chi connectivity index (χ1n) is 8.57. The van der Waals surface area contributed by atoms with E-state index in [1.165, 1.54) is 0 Å². The Labute approximate surface area is 145 Å². The van der Waals surface area contributed by atoms with Gasteiger partial charge in [0.2, 0.25) is 0 Å². The first kappa shape index (κ1) is 15.6. The van der Waals surface area contributed by atoms with Gasteiger partial charge in [-0.3, -0.25) is 9.89 Å². The van der Waals surface area contributed by atoms with Gasteiger partial charge >= 0.3 is 0 Å². The number of carbonyl (C=O) groups is 1. The van der Waals surface area contributed by atoms with Crippen LogP contribution in [0.2, 0.25) is 0 Å². The Morgan fingerprint density at radius 2 is 2.12 bits per heavy atom. The Morgan fingerprint density at radius 3 is 3.00 bits per heavy atom. The van der Waals surface area contributed by atoms with E-state index in [4.69, 9.17) is 0 Å². The van der Waals surface area contributed by atoms with E-state index in [1.54, 1.807) is 12.5 Å². The standard InChI is InChI=1S/C18H20N6O/c25-18(13-6-2-1-3-7-13)19-10-14-8-4-5-9-24(14)17-15-11-22-23-16(15)20-12-21-17/h1-3,6-7,11-12,14H,4-5,8-10H2,(H,19,25)(H,20,21,22,23). The molecule has 0 aliphatic carbocycles. The normalized spacial score (nSPS) is 17.6. The number of benzene rings is 1. The molecule has 7 nitrogen and oxygen atoms in total. The van der Waals surface area contributed by atoms with Gasteiger partial charge in [-0.15, -0.1) is 0 Å². The smallest absolute Gasteiger partial charge is 0.251 e. The van der Waals surface area contributed by atoms with Gasteiger partial charge in [0.1, 0.15) is 12.1 Å². The fraction of sp³-hybridized carbons (Fsp3) is 0.333. The Balaban J connectivity index is 1.52. The molecule has 1 saturated heterocycles. The molecule has 1 amide bonds. The molecule has 1 atom stereocenters. The molecule has 4 rings (SSSR count). The van der Waals surface area contributed by atoms with Gasteiger partial charge in [-0.25, -0.2) is 9.97 Å². The van der Waals surface area contributed by atoms with Crippen LogP contribution >= 0.6 is 0 Å². The predicted octanol–water partition coefficient (Wildman–Crippen LogP) is 2.14. The van der Waals surface area contributed by atoms with E-state index in [2.05, 4.69) is 30.4 Å². The monoisotopic (exact) mass is 336 g/mol. The summed E-state index contributed by atoms with van der Waals surface area (Å²) < 4.78 is 0. The van der Waals surface area contributed by atoms with Gasteiger partial charge in [0.15, 0.2) is 5.65 Å². The van der Waals surface area contributed by atoms with Crippen LogP contribution < -0.4 is 10.2 Å². The second-order valence-corrected chi connectivity index (χ2v) is 6.25. The number of hydrogen-bond acceptors (Lipinski definition) is 5. The lowest BCUT2D eigenvalue weighted by atomic mass is 10.0. The minimum atomic E-state index is -0.0396. The van der Waals surface area contributed by atoms with Crippen molar-refractivity contribution < 1.29 is 4.79 Å². The zero-order valence-electron chi connectivity index (χ0n) is 13.9. The topological polar surface area (TPSA) is 86.8 Å². The van der Waals surface area contributed by atoms with Gasteiger partial charge < -0.3 is 10.2 Å². The molecule has 25 heavy (non-hydrogen) atoms. The molecule has 128 valence electrons. The summed E-state index contributed by atoms with van der Waals surface area (Å²) in [6, 6.07) is 9.53. The van der Waals surface area contributed by atoms with Gasteiger partial charge in [0.25, 0.3) is 5.91 Å². The third-order valence-electron chi connectivity index (χ3n) is 4.66. The van der Waals surface area contributed by atoms with Crippen molar-refractivity contribution in [1.82, 2.24) is 25.5 Å². The van der Waals surface area contributed by atoms with Crippen LogP contribution in [0.1, 0.15) is 29.6 Å². The first-order valence-corrected chi connectivity index (χ1v) is 8.57. The molecule has 0 radical (unpaired) electrons. The van der Waals surface area contributed by atoms with E-state index in [9.17, 15) is 4.79 Å². The lowest BCUT2D eigenvalue weighted by Crippen LogP contribution is -2.47. The van der Waals surface area contributed by atoms with Gasteiger partial charge in [-0.2, -0.15) is 5.10 Å². The Kier molecular flexibility index (Phi) is 4.28. The van der Waals surface area contributed by atoms with Crippen LogP contribution in [0, 0.1) is 0 Å². The predicted molar refractivity (Wildman–Crippen MR) is 95.4 cm³/mol. The summed E-state index contributed by atoms with van der Waals surface area (Å²) in [4.78, 5) is 23.3. The van der Waals surface area contributed by atoms with Crippen LogP contribution in [0.4, 0.5) is 5.82 Å². The highest BCUT2D eigenvalue weighted by molar-refractivity contribution is 5.94. The SMILES string of the molecule is O=C(NCC1CCCCN1c1ncnc2[nH]ncc12)c1ccccc1. The molecule has 1 fully saturated rings. The molecule has 1 aliphatic rings. The fourth-order valence-corrected chi connectivity index (χ4v) is 3.37. The number of nitrogens with one attached hydrogen (secondary N) is 2. The number of amides is 1. The third-order valence-corrected chi connectivity index (χ3v) is 4.66. The maximum absolute atomic E-state index is 12.3. The maximum Gasteiger partial charge on any atom is 0.251 e. The third kappa shape index (κ3) is 3.17. The lowest BCUT2D eigenvalue weighted by Gasteiger charge is -2.37. The number of rotatable bonds is 4. The van der Waals surface area contributed by atoms with Crippen molar-refractivity contribution in [2.24, 2.45) is 0 Å². The molecular weight excluding hydrogens is 316 g/mol. The zero-order valence-corrected chi connectivity index (χ0v) is 13.9. The van der Waals surface area contributed by atoms with Crippen molar-refractivity contribution in [2.75, 3.05) is 18.0 Å². The number of aromatic nitrogens is 4. The number of anilines is 1. The largest absolute Gasteiger partial charge is 0.351 e. The molecule has 0 bridgehead atoms. The second-order valence-electron chi connectivity index (χ2n) is 6.25. The average molecular weight is 336 g/mol. The summed E-state index contributed by atoms with van der Waals surface area (Å²) in [5, 5.41) is 10.9. The van der Waals surface area contributed by atoms with E-state index >= 15 is 0 Å². The highest BCUT2D eigenvalue weighted by Crippen LogP contribution is 2.27. The fourth-order valence-electron chi connectivity index (χ4n) is 3.37. The minimum absolute atomic E-state index is 0.0396. The van der Waals surface area contributed by atoms with Gasteiger partial charge in [-0.1, -0.05) is 18.2 Å².